The summed E-state index contributed by atoms with van der Waals surface area (Å²) < 4.78 is 4.88. The first-order chi connectivity index (χ1) is 7.54. The molecule has 16 heavy (non-hydrogen) atoms. The molecule has 3 N–H and O–H groups in total. The molecule has 0 radical (unpaired) electrons. The molecule has 5 nitrogen and oxygen atoms in total. The average molecular weight is 225 g/mol. The van der Waals surface area contributed by atoms with E-state index in [-0.39, 0.29) is 23.4 Å². The molecule has 88 valence electrons. The van der Waals surface area contributed by atoms with Gasteiger partial charge in [0.1, 0.15) is 0 Å². The van der Waals surface area contributed by atoms with E-state index in [0.717, 1.165) is 0 Å². The molecule has 1 aromatic rings. The number of carbonyl (C=O) groups is 1. The molecule has 0 fully saturated rings. The Morgan fingerprint density at radius 2 is 2.12 bits per heavy atom. The van der Waals surface area contributed by atoms with Gasteiger partial charge in [0.25, 0.3) is 5.91 Å². The second kappa shape index (κ2) is 5.37. The third kappa shape index (κ3) is 3.13. The Morgan fingerprint density at radius 3 is 2.69 bits per heavy atom. The van der Waals surface area contributed by atoms with Gasteiger partial charge in [-0.05, 0) is 25.1 Å². The van der Waals surface area contributed by atoms with Crippen LogP contribution in [0.25, 0.3) is 0 Å². The Balaban J connectivity index is 2.69. The van der Waals surface area contributed by atoms with E-state index in [1.54, 1.807) is 7.11 Å². The standard InChI is InChI=1S/C11H15NO4/c1-7(6-16-2)12-11(15)8-3-4-9(13)10(14)5-8/h3-5,7,13-14H,6H2,1-2H3,(H,12,15). The van der Waals surface area contributed by atoms with Crippen molar-refractivity contribution in [1.82, 2.24) is 5.32 Å². The van der Waals surface area contributed by atoms with Crippen molar-refractivity contribution in [1.29, 1.82) is 0 Å². The number of phenolic OH excluding ortho intramolecular Hbond substituents is 2. The molecule has 0 spiro atoms. The molecule has 0 aliphatic carbocycles. The smallest absolute Gasteiger partial charge is 0.251 e. The number of benzene rings is 1. The highest BCUT2D eigenvalue weighted by Gasteiger charge is 2.11. The Kier molecular flexibility index (Phi) is 4.13. The molecule has 1 amide bonds. The third-order valence-electron chi connectivity index (χ3n) is 2.03. The molecule has 0 aliphatic heterocycles. The van der Waals surface area contributed by atoms with E-state index >= 15 is 0 Å². The molecule has 1 atom stereocenters. The second-order valence-electron chi connectivity index (χ2n) is 3.53. The predicted octanol–water partition coefficient (Wildman–Crippen LogP) is 0.862. The fourth-order valence-electron chi connectivity index (χ4n) is 1.26. The summed E-state index contributed by atoms with van der Waals surface area (Å²) in [6.07, 6.45) is 0. The molecule has 0 saturated heterocycles. The van der Waals surface area contributed by atoms with Crippen LogP contribution in [0.3, 0.4) is 0 Å². The number of methoxy groups -OCH3 is 1. The van der Waals surface area contributed by atoms with Crippen LogP contribution in [0.2, 0.25) is 0 Å². The summed E-state index contributed by atoms with van der Waals surface area (Å²) in [7, 11) is 1.55. The maximum absolute atomic E-state index is 11.6. The number of amides is 1. The Labute approximate surface area is 93.7 Å². The molecule has 0 heterocycles. The minimum atomic E-state index is -0.320. The largest absolute Gasteiger partial charge is 0.504 e. The van der Waals surface area contributed by atoms with E-state index in [1.165, 1.54) is 18.2 Å². The number of rotatable bonds is 4. The van der Waals surface area contributed by atoms with Gasteiger partial charge in [0.2, 0.25) is 0 Å². The van der Waals surface area contributed by atoms with E-state index in [1.807, 2.05) is 6.92 Å². The van der Waals surface area contributed by atoms with E-state index in [4.69, 9.17) is 9.84 Å². The van der Waals surface area contributed by atoms with Crippen LogP contribution in [0.4, 0.5) is 0 Å². The van der Waals surface area contributed by atoms with Crippen LogP contribution in [0.15, 0.2) is 18.2 Å². The van der Waals surface area contributed by atoms with Crippen molar-refractivity contribution in [2.75, 3.05) is 13.7 Å². The van der Waals surface area contributed by atoms with Crippen LogP contribution in [0.1, 0.15) is 17.3 Å². The van der Waals surface area contributed by atoms with Crippen molar-refractivity contribution in [3.63, 3.8) is 0 Å². The number of aromatic hydroxyl groups is 2. The highest BCUT2D eigenvalue weighted by Crippen LogP contribution is 2.24. The van der Waals surface area contributed by atoms with Gasteiger partial charge >= 0.3 is 0 Å². The number of phenols is 2. The molecular formula is C11H15NO4. The topological polar surface area (TPSA) is 78.8 Å². The van der Waals surface area contributed by atoms with E-state index < -0.39 is 0 Å². The van der Waals surface area contributed by atoms with E-state index in [0.29, 0.717) is 12.2 Å². The quantitative estimate of drug-likeness (QED) is 0.664. The first kappa shape index (κ1) is 12.3. The number of hydrogen-bond acceptors (Lipinski definition) is 4. The second-order valence-corrected chi connectivity index (χ2v) is 3.53. The third-order valence-corrected chi connectivity index (χ3v) is 2.03. The lowest BCUT2D eigenvalue weighted by molar-refractivity contribution is 0.0905. The number of nitrogens with one attached hydrogen (secondary N) is 1. The van der Waals surface area contributed by atoms with Crippen LogP contribution in [-0.4, -0.2) is 35.9 Å². The Bertz CT molecular complexity index is 378. The van der Waals surface area contributed by atoms with E-state index in [2.05, 4.69) is 5.32 Å². The summed E-state index contributed by atoms with van der Waals surface area (Å²) >= 11 is 0. The Hall–Kier alpha value is -1.75. The molecule has 1 aromatic carbocycles. The first-order valence-electron chi connectivity index (χ1n) is 4.86. The van der Waals surface area contributed by atoms with Crippen molar-refractivity contribution < 1.29 is 19.7 Å². The summed E-state index contributed by atoms with van der Waals surface area (Å²) in [5.74, 6) is -0.881. The average Bonchev–Trinajstić information content (AvgIpc) is 2.22. The summed E-state index contributed by atoms with van der Waals surface area (Å²) in [5.41, 5.74) is 0.290. The predicted molar refractivity (Wildman–Crippen MR) is 58.6 cm³/mol. The minimum Gasteiger partial charge on any atom is -0.504 e. The normalized spacial score (nSPS) is 12.1. The van der Waals surface area contributed by atoms with Gasteiger partial charge in [-0.25, -0.2) is 0 Å². The maximum Gasteiger partial charge on any atom is 0.251 e. The first-order valence-corrected chi connectivity index (χ1v) is 4.86. The van der Waals surface area contributed by atoms with Crippen molar-refractivity contribution in [3.8, 4) is 11.5 Å². The van der Waals surface area contributed by atoms with Gasteiger partial charge < -0.3 is 20.3 Å². The highest BCUT2D eigenvalue weighted by molar-refractivity contribution is 5.95. The van der Waals surface area contributed by atoms with Crippen LogP contribution in [0.5, 0.6) is 11.5 Å². The maximum atomic E-state index is 11.6. The monoisotopic (exact) mass is 225 g/mol. The van der Waals surface area contributed by atoms with Gasteiger partial charge in [0, 0.05) is 18.7 Å². The number of hydrogen-bond donors (Lipinski definition) is 3. The molecule has 0 aliphatic rings. The van der Waals surface area contributed by atoms with Crippen molar-refractivity contribution in [2.45, 2.75) is 13.0 Å². The van der Waals surface area contributed by atoms with Crippen LogP contribution in [-0.2, 0) is 4.74 Å². The number of carbonyl (C=O) groups excluding carboxylic acids is 1. The molecule has 0 saturated carbocycles. The van der Waals surface area contributed by atoms with Crippen LogP contribution in [0, 0.1) is 0 Å². The van der Waals surface area contributed by atoms with Gasteiger partial charge in [-0.1, -0.05) is 0 Å². The SMILES string of the molecule is COCC(C)NC(=O)c1ccc(O)c(O)c1. The fourth-order valence-corrected chi connectivity index (χ4v) is 1.26. The summed E-state index contributed by atoms with van der Waals surface area (Å²) in [5, 5.41) is 21.0. The fraction of sp³-hybridized carbons (Fsp3) is 0.364. The van der Waals surface area contributed by atoms with Crippen molar-refractivity contribution >= 4 is 5.91 Å². The highest BCUT2D eigenvalue weighted by atomic mass is 16.5. The molecule has 5 heteroatoms. The lowest BCUT2D eigenvalue weighted by Crippen LogP contribution is -2.35. The van der Waals surface area contributed by atoms with Gasteiger partial charge in [-0.3, -0.25) is 4.79 Å². The number of ether oxygens (including phenoxy) is 1. The molecule has 1 unspecified atom stereocenters. The molecular weight excluding hydrogens is 210 g/mol. The molecule has 0 bridgehead atoms. The lowest BCUT2D eigenvalue weighted by atomic mass is 10.2. The van der Waals surface area contributed by atoms with Crippen molar-refractivity contribution in [3.05, 3.63) is 23.8 Å². The lowest BCUT2D eigenvalue weighted by Gasteiger charge is -2.12. The van der Waals surface area contributed by atoms with Crippen LogP contribution >= 0.6 is 0 Å². The minimum absolute atomic E-state index is 0.117. The summed E-state index contributed by atoms with van der Waals surface area (Å²) in [4.78, 5) is 11.6. The summed E-state index contributed by atoms with van der Waals surface area (Å²) in [6.45, 7) is 2.22. The van der Waals surface area contributed by atoms with Gasteiger partial charge in [0.05, 0.1) is 6.61 Å². The van der Waals surface area contributed by atoms with E-state index in [9.17, 15) is 9.90 Å². The molecule has 0 aromatic heterocycles. The van der Waals surface area contributed by atoms with Crippen LogP contribution < -0.4 is 5.32 Å². The van der Waals surface area contributed by atoms with Gasteiger partial charge in [0.15, 0.2) is 11.5 Å². The zero-order valence-corrected chi connectivity index (χ0v) is 9.23. The zero-order valence-electron chi connectivity index (χ0n) is 9.23. The van der Waals surface area contributed by atoms with Gasteiger partial charge in [-0.2, -0.15) is 0 Å². The van der Waals surface area contributed by atoms with Gasteiger partial charge in [-0.15, -0.1) is 0 Å². The summed E-state index contributed by atoms with van der Waals surface area (Å²) in [6, 6.07) is 3.80. The Morgan fingerprint density at radius 1 is 1.44 bits per heavy atom. The van der Waals surface area contributed by atoms with Crippen molar-refractivity contribution in [2.24, 2.45) is 0 Å². The zero-order chi connectivity index (χ0) is 12.1. The molecule has 1 rings (SSSR count).